The number of aromatic nitrogens is 1. The van der Waals surface area contributed by atoms with Crippen molar-refractivity contribution in [3.63, 3.8) is 0 Å². The number of nitrogens with one attached hydrogen (secondary N) is 1. The Morgan fingerprint density at radius 3 is 2.62 bits per heavy atom. The molecule has 0 radical (unpaired) electrons. The molecule has 2 aromatic rings. The van der Waals surface area contributed by atoms with Crippen molar-refractivity contribution in [2.45, 2.75) is 64.9 Å². The zero-order valence-electron chi connectivity index (χ0n) is 15.7. The van der Waals surface area contributed by atoms with Gasteiger partial charge in [-0.2, -0.15) is 0 Å². The van der Waals surface area contributed by atoms with Crippen molar-refractivity contribution in [2.24, 2.45) is 17.3 Å². The number of benzene rings is 1. The summed E-state index contributed by atoms with van der Waals surface area (Å²) in [5, 5.41) is 2.00. The van der Waals surface area contributed by atoms with Gasteiger partial charge >= 0.3 is 0 Å². The van der Waals surface area contributed by atoms with E-state index in [-0.39, 0.29) is 11.7 Å². The molecule has 2 aliphatic rings. The van der Waals surface area contributed by atoms with Gasteiger partial charge in [-0.1, -0.05) is 25.4 Å². The van der Waals surface area contributed by atoms with Gasteiger partial charge < -0.3 is 9.72 Å². The summed E-state index contributed by atoms with van der Waals surface area (Å²) >= 11 is 6.40. The molecular formula is C22H28ClNO2. The SMILES string of the molecule is CC(C)CC1(C2CC2)CCC(Oc2cc3cc[nH]c(=O)c3cc2Cl)CC1. The maximum atomic E-state index is 11.9. The third-order valence-corrected chi connectivity index (χ3v) is 6.60. The normalized spacial score (nSPS) is 26.4. The lowest BCUT2D eigenvalue weighted by molar-refractivity contribution is 0.0484. The Balaban J connectivity index is 1.48. The molecule has 1 aromatic heterocycles. The van der Waals surface area contributed by atoms with Crippen LogP contribution in [0.1, 0.15) is 58.8 Å². The van der Waals surface area contributed by atoms with E-state index in [0.717, 1.165) is 30.1 Å². The second-order valence-electron chi connectivity index (χ2n) is 8.73. The van der Waals surface area contributed by atoms with E-state index in [1.807, 2.05) is 12.1 Å². The van der Waals surface area contributed by atoms with E-state index in [2.05, 4.69) is 18.8 Å². The average molecular weight is 374 g/mol. The van der Waals surface area contributed by atoms with E-state index in [1.165, 1.54) is 32.1 Å². The molecule has 2 saturated carbocycles. The van der Waals surface area contributed by atoms with E-state index in [9.17, 15) is 4.79 Å². The Bertz CT molecular complexity index is 845. The monoisotopic (exact) mass is 373 g/mol. The smallest absolute Gasteiger partial charge is 0.255 e. The van der Waals surface area contributed by atoms with Gasteiger partial charge in [-0.3, -0.25) is 4.79 Å². The summed E-state index contributed by atoms with van der Waals surface area (Å²) in [6.07, 6.45) is 10.8. The molecule has 3 nitrogen and oxygen atoms in total. The Morgan fingerprint density at radius 1 is 1.23 bits per heavy atom. The van der Waals surface area contributed by atoms with Crippen LogP contribution in [0, 0.1) is 17.3 Å². The highest BCUT2D eigenvalue weighted by molar-refractivity contribution is 6.32. The van der Waals surface area contributed by atoms with Gasteiger partial charge in [0.05, 0.1) is 11.1 Å². The zero-order chi connectivity index (χ0) is 18.3. The molecule has 1 aromatic carbocycles. The van der Waals surface area contributed by atoms with Gasteiger partial charge in [0.1, 0.15) is 5.75 Å². The molecule has 1 heterocycles. The summed E-state index contributed by atoms with van der Waals surface area (Å²) in [5.41, 5.74) is 0.436. The van der Waals surface area contributed by atoms with Crippen LogP contribution in [0.3, 0.4) is 0 Å². The first kappa shape index (κ1) is 17.9. The predicted octanol–water partition coefficient (Wildman–Crippen LogP) is 5.95. The quantitative estimate of drug-likeness (QED) is 0.704. The van der Waals surface area contributed by atoms with Gasteiger partial charge in [-0.15, -0.1) is 0 Å². The van der Waals surface area contributed by atoms with Crippen molar-refractivity contribution in [1.82, 2.24) is 4.98 Å². The number of hydrogen-bond acceptors (Lipinski definition) is 2. The van der Waals surface area contributed by atoms with Gasteiger partial charge in [-0.25, -0.2) is 0 Å². The van der Waals surface area contributed by atoms with E-state index in [1.54, 1.807) is 12.3 Å². The van der Waals surface area contributed by atoms with Crippen molar-refractivity contribution < 1.29 is 4.74 Å². The van der Waals surface area contributed by atoms with Crippen LogP contribution >= 0.6 is 11.6 Å². The molecule has 26 heavy (non-hydrogen) atoms. The molecule has 0 saturated heterocycles. The highest BCUT2D eigenvalue weighted by Gasteiger charge is 2.47. The Morgan fingerprint density at radius 2 is 1.96 bits per heavy atom. The van der Waals surface area contributed by atoms with Crippen LogP contribution in [-0.2, 0) is 0 Å². The molecule has 1 N–H and O–H groups in total. The van der Waals surface area contributed by atoms with Crippen LogP contribution in [0.4, 0.5) is 0 Å². The molecule has 0 bridgehead atoms. The summed E-state index contributed by atoms with van der Waals surface area (Å²) in [5.74, 6) is 2.42. The Kier molecular flexibility index (Phi) is 4.77. The van der Waals surface area contributed by atoms with Gasteiger partial charge in [0, 0.05) is 11.6 Å². The summed E-state index contributed by atoms with van der Waals surface area (Å²) in [4.78, 5) is 14.6. The lowest BCUT2D eigenvalue weighted by Gasteiger charge is -2.42. The minimum Gasteiger partial charge on any atom is -0.489 e. The fraction of sp³-hybridized carbons (Fsp3) is 0.591. The lowest BCUT2D eigenvalue weighted by atomic mass is 9.65. The van der Waals surface area contributed by atoms with Crippen molar-refractivity contribution in [3.8, 4) is 5.75 Å². The van der Waals surface area contributed by atoms with Crippen LogP contribution in [0.2, 0.25) is 5.02 Å². The van der Waals surface area contributed by atoms with Crippen molar-refractivity contribution in [3.05, 3.63) is 39.8 Å². The summed E-state index contributed by atoms with van der Waals surface area (Å²) < 4.78 is 6.29. The Hall–Kier alpha value is -1.48. The van der Waals surface area contributed by atoms with E-state index < -0.39 is 0 Å². The third kappa shape index (κ3) is 3.51. The summed E-state index contributed by atoms with van der Waals surface area (Å²) in [6.45, 7) is 4.70. The van der Waals surface area contributed by atoms with Gasteiger partial charge in [0.15, 0.2) is 0 Å². The van der Waals surface area contributed by atoms with Gasteiger partial charge in [0.2, 0.25) is 0 Å². The number of fused-ring (bicyclic) bond motifs is 1. The number of H-pyrrole nitrogens is 1. The summed E-state index contributed by atoms with van der Waals surface area (Å²) in [6, 6.07) is 5.52. The molecule has 0 spiro atoms. The van der Waals surface area contributed by atoms with Crippen LogP contribution in [0.25, 0.3) is 10.8 Å². The standard InChI is InChI=1S/C22H28ClNO2/c1-14(2)13-22(16-3-4-16)8-5-17(6-9-22)26-20-11-15-7-10-24-21(25)18(15)12-19(20)23/h7,10-12,14,16-17H,3-6,8-9,13H2,1-2H3,(H,24,25). The maximum absolute atomic E-state index is 11.9. The largest absolute Gasteiger partial charge is 0.489 e. The number of aromatic amines is 1. The number of pyridine rings is 1. The average Bonchev–Trinajstić information content (AvgIpc) is 3.43. The van der Waals surface area contributed by atoms with Crippen molar-refractivity contribution in [1.29, 1.82) is 0 Å². The maximum Gasteiger partial charge on any atom is 0.255 e. The van der Waals surface area contributed by atoms with Gasteiger partial charge in [-0.05, 0) is 85.8 Å². The molecule has 2 aliphatic carbocycles. The highest BCUT2D eigenvalue weighted by Crippen LogP contribution is 2.57. The highest BCUT2D eigenvalue weighted by atomic mass is 35.5. The molecule has 0 unspecified atom stereocenters. The zero-order valence-corrected chi connectivity index (χ0v) is 16.4. The van der Waals surface area contributed by atoms with E-state index >= 15 is 0 Å². The molecule has 0 atom stereocenters. The molecule has 4 rings (SSSR count). The van der Waals surface area contributed by atoms with Crippen molar-refractivity contribution >= 4 is 22.4 Å². The van der Waals surface area contributed by atoms with Crippen LogP contribution < -0.4 is 10.3 Å². The molecule has 140 valence electrons. The summed E-state index contributed by atoms with van der Waals surface area (Å²) in [7, 11) is 0. The fourth-order valence-electron chi connectivity index (χ4n) is 5.03. The van der Waals surface area contributed by atoms with E-state index in [4.69, 9.17) is 16.3 Å². The topological polar surface area (TPSA) is 42.1 Å². The third-order valence-electron chi connectivity index (χ3n) is 6.31. The second-order valence-corrected chi connectivity index (χ2v) is 9.14. The van der Waals surface area contributed by atoms with Gasteiger partial charge in [0.25, 0.3) is 5.56 Å². The van der Waals surface area contributed by atoms with Crippen molar-refractivity contribution in [2.75, 3.05) is 0 Å². The molecular weight excluding hydrogens is 346 g/mol. The fourth-order valence-corrected chi connectivity index (χ4v) is 5.24. The molecule has 0 amide bonds. The van der Waals surface area contributed by atoms with E-state index in [0.29, 0.717) is 21.6 Å². The number of halogens is 1. The number of hydrogen-bond donors (Lipinski definition) is 1. The molecule has 2 fully saturated rings. The molecule has 4 heteroatoms. The molecule has 0 aliphatic heterocycles. The first-order chi connectivity index (χ1) is 12.5. The lowest BCUT2D eigenvalue weighted by Crippen LogP contribution is -2.35. The van der Waals surface area contributed by atoms with Crippen LogP contribution in [0.5, 0.6) is 5.75 Å². The second kappa shape index (κ2) is 6.92. The van der Waals surface area contributed by atoms with Crippen LogP contribution in [-0.4, -0.2) is 11.1 Å². The van der Waals surface area contributed by atoms with Crippen LogP contribution in [0.15, 0.2) is 29.2 Å². The first-order valence-electron chi connectivity index (χ1n) is 9.94. The minimum absolute atomic E-state index is 0.114. The number of rotatable bonds is 5. The predicted molar refractivity (Wildman–Crippen MR) is 107 cm³/mol. The minimum atomic E-state index is -0.114. The number of ether oxygens (including phenoxy) is 1. The Labute approximate surface area is 160 Å². The first-order valence-corrected chi connectivity index (χ1v) is 10.3.